The second kappa shape index (κ2) is 10.0. The maximum absolute atomic E-state index is 13.1. The molecule has 1 aromatic rings. The van der Waals surface area contributed by atoms with Gasteiger partial charge in [-0.25, -0.2) is 4.39 Å². The molecule has 0 saturated carbocycles. The number of hydrogen-bond donors (Lipinski definition) is 0. The van der Waals surface area contributed by atoms with E-state index < -0.39 is 23.8 Å². The largest absolute Gasteiger partial charge is 0.452 e. The van der Waals surface area contributed by atoms with E-state index in [0.717, 1.165) is 25.7 Å². The van der Waals surface area contributed by atoms with E-state index in [1.807, 2.05) is 4.90 Å². The molecule has 0 aromatic heterocycles. The Morgan fingerprint density at radius 3 is 2.53 bits per heavy atom. The fraction of sp³-hybridized carbons (Fsp3) is 0.609. The minimum Gasteiger partial charge on any atom is -0.452 e. The highest BCUT2D eigenvalue weighted by Crippen LogP contribution is 2.23. The second-order valence-electron chi connectivity index (χ2n) is 8.27. The summed E-state index contributed by atoms with van der Waals surface area (Å²) in [6.45, 7) is 5.20. The van der Waals surface area contributed by atoms with Gasteiger partial charge in [0.1, 0.15) is 5.82 Å². The van der Waals surface area contributed by atoms with Crippen LogP contribution < -0.4 is 0 Å². The van der Waals surface area contributed by atoms with Crippen molar-refractivity contribution in [2.45, 2.75) is 64.5 Å². The van der Waals surface area contributed by atoms with Crippen molar-refractivity contribution in [3.8, 4) is 0 Å². The minimum absolute atomic E-state index is 0.134. The van der Waals surface area contributed by atoms with Gasteiger partial charge in [0.15, 0.2) is 6.10 Å². The summed E-state index contributed by atoms with van der Waals surface area (Å²) in [5, 5.41) is 0. The summed E-state index contributed by atoms with van der Waals surface area (Å²) in [6.07, 6.45) is 4.46. The fourth-order valence-electron chi connectivity index (χ4n) is 4.40. The van der Waals surface area contributed by atoms with Crippen LogP contribution in [-0.4, -0.2) is 59.4 Å². The van der Waals surface area contributed by atoms with E-state index in [-0.39, 0.29) is 24.4 Å². The Morgan fingerprint density at radius 2 is 1.83 bits per heavy atom. The summed E-state index contributed by atoms with van der Waals surface area (Å²) in [6, 6.07) is 5.61. The Morgan fingerprint density at radius 1 is 1.10 bits per heavy atom. The molecule has 30 heavy (non-hydrogen) atoms. The zero-order valence-electron chi connectivity index (χ0n) is 17.8. The summed E-state index contributed by atoms with van der Waals surface area (Å²) >= 11 is 0. The molecule has 2 fully saturated rings. The van der Waals surface area contributed by atoms with Gasteiger partial charge in [-0.3, -0.25) is 14.4 Å². The number of benzene rings is 1. The van der Waals surface area contributed by atoms with E-state index in [0.29, 0.717) is 31.5 Å². The molecule has 2 aliphatic heterocycles. The van der Waals surface area contributed by atoms with Crippen molar-refractivity contribution in [1.29, 1.82) is 0 Å². The molecule has 0 aliphatic carbocycles. The van der Waals surface area contributed by atoms with Gasteiger partial charge in [0.2, 0.25) is 0 Å². The van der Waals surface area contributed by atoms with Crippen LogP contribution in [0.15, 0.2) is 24.3 Å². The van der Waals surface area contributed by atoms with E-state index in [1.54, 1.807) is 11.8 Å². The monoisotopic (exact) mass is 418 g/mol. The standard InChI is InChI=1S/C23H31FN2O4/c1-3-20-8-4-5-14-26(20)21(27)16(2)30-23(29)18-7-6-13-25(15-18)22(28)17-9-11-19(24)12-10-17/h9-12,16,18,20H,3-8,13-15H2,1-2H3. The Hall–Kier alpha value is -2.44. The number of nitrogens with zero attached hydrogens (tertiary/aromatic N) is 2. The van der Waals surface area contributed by atoms with Crippen LogP contribution in [0.1, 0.15) is 62.7 Å². The van der Waals surface area contributed by atoms with Crippen LogP contribution in [0.4, 0.5) is 4.39 Å². The molecule has 2 amide bonds. The Balaban J connectivity index is 1.57. The van der Waals surface area contributed by atoms with E-state index in [9.17, 15) is 18.8 Å². The number of piperidine rings is 2. The molecule has 0 N–H and O–H groups in total. The zero-order chi connectivity index (χ0) is 21.7. The molecule has 3 atom stereocenters. The molecule has 2 saturated heterocycles. The topological polar surface area (TPSA) is 66.9 Å². The Bertz CT molecular complexity index is 767. The fourth-order valence-corrected chi connectivity index (χ4v) is 4.40. The first-order chi connectivity index (χ1) is 14.4. The van der Waals surface area contributed by atoms with Crippen molar-refractivity contribution in [1.82, 2.24) is 9.80 Å². The molecule has 2 heterocycles. The number of carbonyl (C=O) groups excluding carboxylic acids is 3. The number of halogens is 1. The third kappa shape index (κ3) is 5.18. The number of carbonyl (C=O) groups is 3. The lowest BCUT2D eigenvalue weighted by Gasteiger charge is -2.37. The van der Waals surface area contributed by atoms with E-state index in [1.165, 1.54) is 24.3 Å². The highest BCUT2D eigenvalue weighted by Gasteiger charge is 2.34. The van der Waals surface area contributed by atoms with E-state index in [4.69, 9.17) is 4.74 Å². The number of esters is 1. The summed E-state index contributed by atoms with van der Waals surface area (Å²) in [5.41, 5.74) is 0.393. The van der Waals surface area contributed by atoms with Crippen LogP contribution in [0, 0.1) is 11.7 Å². The Kier molecular flexibility index (Phi) is 7.45. The van der Waals surface area contributed by atoms with Gasteiger partial charge in [-0.2, -0.15) is 0 Å². The normalized spacial score (nSPS) is 23.0. The molecule has 0 bridgehead atoms. The molecule has 1 aromatic carbocycles. The lowest BCUT2D eigenvalue weighted by Crippen LogP contribution is -2.49. The predicted molar refractivity (Wildman–Crippen MR) is 110 cm³/mol. The molecular weight excluding hydrogens is 387 g/mol. The average Bonchev–Trinajstić information content (AvgIpc) is 2.78. The van der Waals surface area contributed by atoms with Gasteiger partial charge in [-0.05, 0) is 69.7 Å². The molecule has 3 rings (SSSR count). The van der Waals surface area contributed by atoms with Crippen LogP contribution in [0.3, 0.4) is 0 Å². The number of hydrogen-bond acceptors (Lipinski definition) is 4. The maximum Gasteiger partial charge on any atom is 0.311 e. The third-order valence-electron chi connectivity index (χ3n) is 6.16. The first kappa shape index (κ1) is 22.2. The molecule has 164 valence electrons. The first-order valence-electron chi connectivity index (χ1n) is 11.0. The van der Waals surface area contributed by atoms with Gasteiger partial charge in [-0.15, -0.1) is 0 Å². The highest BCUT2D eigenvalue weighted by atomic mass is 19.1. The Labute approximate surface area is 177 Å². The number of amides is 2. The van der Waals surface area contributed by atoms with Crippen LogP contribution in [-0.2, 0) is 14.3 Å². The molecule has 0 spiro atoms. The number of rotatable bonds is 5. The number of likely N-dealkylation sites (tertiary alicyclic amines) is 2. The van der Waals surface area contributed by atoms with E-state index in [2.05, 4.69) is 6.92 Å². The summed E-state index contributed by atoms with van der Waals surface area (Å²) in [7, 11) is 0. The molecule has 6 nitrogen and oxygen atoms in total. The smallest absolute Gasteiger partial charge is 0.311 e. The maximum atomic E-state index is 13.1. The summed E-state index contributed by atoms with van der Waals surface area (Å²) in [5.74, 6) is -1.65. The summed E-state index contributed by atoms with van der Waals surface area (Å²) < 4.78 is 18.6. The SMILES string of the molecule is CCC1CCCCN1C(=O)C(C)OC(=O)C1CCCN(C(=O)c2ccc(F)cc2)C1. The molecule has 0 radical (unpaired) electrons. The van der Waals surface area contributed by atoms with Crippen molar-refractivity contribution >= 4 is 17.8 Å². The lowest BCUT2D eigenvalue weighted by molar-refractivity contribution is -0.165. The van der Waals surface area contributed by atoms with Gasteiger partial charge < -0.3 is 14.5 Å². The molecule has 3 unspecified atom stereocenters. The van der Waals surface area contributed by atoms with Crippen LogP contribution in [0.5, 0.6) is 0 Å². The minimum atomic E-state index is -0.826. The number of ether oxygens (including phenoxy) is 1. The van der Waals surface area contributed by atoms with Gasteiger partial charge in [0.25, 0.3) is 11.8 Å². The quantitative estimate of drug-likeness (QED) is 0.688. The van der Waals surface area contributed by atoms with E-state index >= 15 is 0 Å². The second-order valence-corrected chi connectivity index (χ2v) is 8.27. The van der Waals surface area contributed by atoms with Crippen molar-refractivity contribution in [3.05, 3.63) is 35.6 Å². The van der Waals surface area contributed by atoms with Crippen molar-refractivity contribution in [2.75, 3.05) is 19.6 Å². The highest BCUT2D eigenvalue weighted by molar-refractivity contribution is 5.94. The average molecular weight is 419 g/mol. The van der Waals surface area contributed by atoms with Gasteiger partial charge in [0.05, 0.1) is 5.92 Å². The predicted octanol–water partition coefficient (Wildman–Crippen LogP) is 3.40. The lowest BCUT2D eigenvalue weighted by atomic mass is 9.97. The van der Waals surface area contributed by atoms with Gasteiger partial charge in [0, 0.05) is 31.2 Å². The van der Waals surface area contributed by atoms with Crippen LogP contribution >= 0.6 is 0 Å². The van der Waals surface area contributed by atoms with Crippen molar-refractivity contribution in [3.63, 3.8) is 0 Å². The van der Waals surface area contributed by atoms with Crippen LogP contribution in [0.25, 0.3) is 0 Å². The zero-order valence-corrected chi connectivity index (χ0v) is 17.8. The third-order valence-corrected chi connectivity index (χ3v) is 6.16. The molecule has 2 aliphatic rings. The molecule has 7 heteroatoms. The van der Waals surface area contributed by atoms with Crippen molar-refractivity contribution in [2.24, 2.45) is 5.92 Å². The van der Waals surface area contributed by atoms with Crippen LogP contribution in [0.2, 0.25) is 0 Å². The first-order valence-corrected chi connectivity index (χ1v) is 11.0. The van der Waals surface area contributed by atoms with Gasteiger partial charge in [-0.1, -0.05) is 6.92 Å². The molecular formula is C23H31FN2O4. The van der Waals surface area contributed by atoms with Gasteiger partial charge >= 0.3 is 5.97 Å². The summed E-state index contributed by atoms with van der Waals surface area (Å²) in [4.78, 5) is 41.7. The van der Waals surface area contributed by atoms with Crippen molar-refractivity contribution < 1.29 is 23.5 Å².